The molecule has 1 unspecified atom stereocenters. The van der Waals surface area contributed by atoms with E-state index in [0.29, 0.717) is 15.7 Å². The first-order chi connectivity index (χ1) is 14.2. The first kappa shape index (κ1) is 22.3. The first-order valence-corrected chi connectivity index (χ1v) is 10.1. The summed E-state index contributed by atoms with van der Waals surface area (Å²) in [4.78, 5) is 38.9. The molecule has 11 heteroatoms. The SMILES string of the molecule is CN1C(=O)C(CC(=O)Nc2ccc(Cl)cc2)N(NC(=O)c2ccc(Cl)cc2Cl)C1=S. The van der Waals surface area contributed by atoms with E-state index in [1.807, 2.05) is 0 Å². The van der Waals surface area contributed by atoms with Crippen molar-refractivity contribution in [2.24, 2.45) is 0 Å². The van der Waals surface area contributed by atoms with Crippen molar-refractivity contribution in [3.63, 3.8) is 0 Å². The number of thiocarbonyl (C=S) groups is 1. The molecule has 1 heterocycles. The molecule has 1 aliphatic heterocycles. The number of halogens is 3. The van der Waals surface area contributed by atoms with Crippen molar-refractivity contribution in [2.75, 3.05) is 12.4 Å². The van der Waals surface area contributed by atoms with Gasteiger partial charge in [0.2, 0.25) is 5.91 Å². The fourth-order valence-corrected chi connectivity index (χ4v) is 3.67. The van der Waals surface area contributed by atoms with Gasteiger partial charge in [-0.05, 0) is 54.7 Å². The lowest BCUT2D eigenvalue weighted by Crippen LogP contribution is -2.49. The second kappa shape index (κ2) is 9.18. The summed E-state index contributed by atoms with van der Waals surface area (Å²) < 4.78 is 0. The highest BCUT2D eigenvalue weighted by atomic mass is 35.5. The third-order valence-electron chi connectivity index (χ3n) is 4.32. The van der Waals surface area contributed by atoms with E-state index in [4.69, 9.17) is 47.0 Å². The predicted molar refractivity (Wildman–Crippen MR) is 120 cm³/mol. The van der Waals surface area contributed by atoms with Crippen LogP contribution in [-0.2, 0) is 9.59 Å². The van der Waals surface area contributed by atoms with Crippen molar-refractivity contribution >= 4 is 75.5 Å². The number of amides is 3. The smallest absolute Gasteiger partial charge is 0.271 e. The molecule has 3 rings (SSSR count). The van der Waals surface area contributed by atoms with Crippen LogP contribution in [0.1, 0.15) is 16.8 Å². The number of nitrogens with zero attached hydrogens (tertiary/aromatic N) is 2. The standard InChI is InChI=1S/C19H15Cl3N4O3S/c1-25-18(29)15(9-16(27)23-12-5-2-10(20)3-6-12)26(19(25)30)24-17(28)13-7-4-11(21)8-14(13)22/h2-8,15H,9H2,1H3,(H,23,27)(H,24,28). The molecule has 0 spiro atoms. The number of rotatable bonds is 5. The van der Waals surface area contributed by atoms with Crippen LogP contribution in [0.4, 0.5) is 5.69 Å². The molecule has 2 aromatic carbocycles. The maximum atomic E-state index is 12.7. The molecule has 1 fully saturated rings. The van der Waals surface area contributed by atoms with Crippen LogP contribution >= 0.6 is 47.0 Å². The van der Waals surface area contributed by atoms with Crippen LogP contribution in [0.25, 0.3) is 0 Å². The Hall–Kier alpha value is -2.39. The number of hydrogen-bond donors (Lipinski definition) is 2. The maximum Gasteiger partial charge on any atom is 0.271 e. The minimum absolute atomic E-state index is 0.0581. The zero-order valence-corrected chi connectivity index (χ0v) is 18.6. The first-order valence-electron chi connectivity index (χ1n) is 8.59. The van der Waals surface area contributed by atoms with E-state index >= 15 is 0 Å². The number of carbonyl (C=O) groups excluding carboxylic acids is 3. The molecule has 1 aliphatic rings. The van der Waals surface area contributed by atoms with E-state index in [1.165, 1.54) is 35.2 Å². The fourth-order valence-electron chi connectivity index (χ4n) is 2.79. The fraction of sp³-hybridized carbons (Fsp3) is 0.158. The second-order valence-corrected chi connectivity index (χ2v) is 8.04. The van der Waals surface area contributed by atoms with Gasteiger partial charge in [-0.15, -0.1) is 0 Å². The van der Waals surface area contributed by atoms with Gasteiger partial charge in [0.25, 0.3) is 11.8 Å². The summed E-state index contributed by atoms with van der Waals surface area (Å²) in [5.74, 6) is -1.45. The summed E-state index contributed by atoms with van der Waals surface area (Å²) in [6, 6.07) is 9.91. The largest absolute Gasteiger partial charge is 0.326 e. The molecule has 30 heavy (non-hydrogen) atoms. The number of nitrogens with one attached hydrogen (secondary N) is 2. The summed E-state index contributed by atoms with van der Waals surface area (Å²) in [5, 5.41) is 4.97. The minimum atomic E-state index is -1.01. The van der Waals surface area contributed by atoms with Gasteiger partial charge in [0, 0.05) is 22.8 Å². The Bertz CT molecular complexity index is 1030. The van der Waals surface area contributed by atoms with Gasteiger partial charge in [-0.25, -0.2) is 5.01 Å². The van der Waals surface area contributed by atoms with Gasteiger partial charge in [-0.1, -0.05) is 34.8 Å². The molecule has 0 bridgehead atoms. The number of hydrazine groups is 1. The third kappa shape index (κ3) is 4.84. The molecule has 1 saturated heterocycles. The highest BCUT2D eigenvalue weighted by Gasteiger charge is 2.43. The molecule has 2 N–H and O–H groups in total. The van der Waals surface area contributed by atoms with Crippen molar-refractivity contribution in [2.45, 2.75) is 12.5 Å². The molecule has 156 valence electrons. The van der Waals surface area contributed by atoms with Gasteiger partial charge >= 0.3 is 0 Å². The molecular formula is C19H15Cl3N4O3S. The van der Waals surface area contributed by atoms with Crippen LogP contribution in [0.2, 0.25) is 15.1 Å². The molecule has 7 nitrogen and oxygen atoms in total. The molecule has 3 amide bonds. The average Bonchev–Trinajstić information content (AvgIpc) is 2.88. The van der Waals surface area contributed by atoms with Crippen molar-refractivity contribution in [3.05, 3.63) is 63.1 Å². The van der Waals surface area contributed by atoms with Crippen molar-refractivity contribution < 1.29 is 14.4 Å². The average molecular weight is 486 g/mol. The van der Waals surface area contributed by atoms with E-state index in [-0.39, 0.29) is 22.1 Å². The Balaban J connectivity index is 1.75. The Kier molecular flexibility index (Phi) is 6.82. The Morgan fingerprint density at radius 2 is 1.70 bits per heavy atom. The Morgan fingerprint density at radius 1 is 1.07 bits per heavy atom. The Morgan fingerprint density at radius 3 is 2.33 bits per heavy atom. The monoisotopic (exact) mass is 484 g/mol. The van der Waals surface area contributed by atoms with Crippen LogP contribution in [0.3, 0.4) is 0 Å². The van der Waals surface area contributed by atoms with E-state index in [1.54, 1.807) is 24.3 Å². The van der Waals surface area contributed by atoms with Crippen molar-refractivity contribution in [3.8, 4) is 0 Å². The lowest BCUT2D eigenvalue weighted by Gasteiger charge is -2.24. The van der Waals surface area contributed by atoms with Crippen LogP contribution in [-0.4, -0.2) is 45.8 Å². The topological polar surface area (TPSA) is 81.8 Å². The van der Waals surface area contributed by atoms with Crippen molar-refractivity contribution in [1.82, 2.24) is 15.3 Å². The summed E-state index contributed by atoms with van der Waals surface area (Å²) >= 11 is 23.0. The number of hydrogen-bond acceptors (Lipinski definition) is 4. The van der Waals surface area contributed by atoms with Gasteiger partial charge in [-0.2, -0.15) is 0 Å². The molecule has 0 radical (unpaired) electrons. The van der Waals surface area contributed by atoms with Gasteiger partial charge in [0.15, 0.2) is 5.11 Å². The quantitative estimate of drug-likeness (QED) is 0.631. The summed E-state index contributed by atoms with van der Waals surface area (Å²) in [6.07, 6.45) is -0.236. The van der Waals surface area contributed by atoms with Crippen LogP contribution in [0.15, 0.2) is 42.5 Å². The molecule has 2 aromatic rings. The van der Waals surface area contributed by atoms with Crippen LogP contribution in [0, 0.1) is 0 Å². The third-order valence-corrected chi connectivity index (χ3v) is 5.60. The number of likely N-dealkylation sites (N-methyl/N-ethyl adjacent to an activating group) is 1. The van der Waals surface area contributed by atoms with Gasteiger partial charge < -0.3 is 5.32 Å². The number of benzene rings is 2. The zero-order chi connectivity index (χ0) is 22.0. The molecule has 0 saturated carbocycles. The summed E-state index contributed by atoms with van der Waals surface area (Å²) in [6.45, 7) is 0. The normalized spacial score (nSPS) is 16.1. The lowest BCUT2D eigenvalue weighted by molar-refractivity contribution is -0.130. The summed E-state index contributed by atoms with van der Waals surface area (Å²) in [5.41, 5.74) is 3.23. The van der Waals surface area contributed by atoms with Gasteiger partial charge in [-0.3, -0.25) is 24.7 Å². The van der Waals surface area contributed by atoms with Gasteiger partial charge in [0.05, 0.1) is 17.0 Å². The van der Waals surface area contributed by atoms with E-state index in [2.05, 4.69) is 10.7 Å². The predicted octanol–water partition coefficient (Wildman–Crippen LogP) is 3.75. The van der Waals surface area contributed by atoms with E-state index < -0.39 is 23.8 Å². The van der Waals surface area contributed by atoms with E-state index in [9.17, 15) is 14.4 Å². The summed E-state index contributed by atoms with van der Waals surface area (Å²) in [7, 11) is 1.47. The molecule has 1 atom stereocenters. The highest BCUT2D eigenvalue weighted by molar-refractivity contribution is 7.80. The van der Waals surface area contributed by atoms with Gasteiger partial charge in [0.1, 0.15) is 6.04 Å². The highest BCUT2D eigenvalue weighted by Crippen LogP contribution is 2.23. The van der Waals surface area contributed by atoms with Crippen LogP contribution in [0.5, 0.6) is 0 Å². The molecular weight excluding hydrogens is 471 g/mol. The van der Waals surface area contributed by atoms with Crippen LogP contribution < -0.4 is 10.7 Å². The number of carbonyl (C=O) groups is 3. The zero-order valence-electron chi connectivity index (χ0n) is 15.5. The maximum absolute atomic E-state index is 12.7. The lowest BCUT2D eigenvalue weighted by atomic mass is 10.2. The second-order valence-electron chi connectivity index (χ2n) is 6.39. The Labute approximate surface area is 192 Å². The molecule has 0 aromatic heterocycles. The van der Waals surface area contributed by atoms with E-state index in [0.717, 1.165) is 0 Å². The number of anilines is 1. The minimum Gasteiger partial charge on any atom is -0.326 e. The molecule has 0 aliphatic carbocycles. The van der Waals surface area contributed by atoms with Crippen molar-refractivity contribution in [1.29, 1.82) is 0 Å².